The van der Waals surface area contributed by atoms with Crippen LogP contribution in [-0.4, -0.2) is 36.1 Å². The topological polar surface area (TPSA) is 28.2 Å². The number of rotatable bonds is 1. The molecule has 2 rings (SSSR count). The average Bonchev–Trinajstić information content (AvgIpc) is 2.57. The lowest BCUT2D eigenvalue weighted by molar-refractivity contribution is 0.143. The van der Waals surface area contributed by atoms with Crippen molar-refractivity contribution in [1.29, 1.82) is 0 Å². The van der Waals surface area contributed by atoms with Gasteiger partial charge in [-0.3, -0.25) is 4.90 Å². The van der Waals surface area contributed by atoms with E-state index in [4.69, 9.17) is 0 Å². The van der Waals surface area contributed by atoms with E-state index in [1.807, 2.05) is 17.5 Å². The first kappa shape index (κ1) is 10.1. The second-order valence-corrected chi connectivity index (χ2v) is 5.24. The first-order chi connectivity index (χ1) is 6.68. The van der Waals surface area contributed by atoms with Crippen molar-refractivity contribution in [2.45, 2.75) is 25.9 Å². The number of thiazole rings is 1. The van der Waals surface area contributed by atoms with Crippen LogP contribution in [0.2, 0.25) is 0 Å². The number of hydrogen-bond acceptors (Lipinski definition) is 4. The summed E-state index contributed by atoms with van der Waals surface area (Å²) < 4.78 is 0. The number of piperazine rings is 1. The van der Waals surface area contributed by atoms with Crippen molar-refractivity contribution < 1.29 is 0 Å². The van der Waals surface area contributed by atoms with Crippen molar-refractivity contribution in [1.82, 2.24) is 15.2 Å². The molecule has 1 N–H and O–H groups in total. The van der Waals surface area contributed by atoms with Gasteiger partial charge in [0.1, 0.15) is 0 Å². The smallest absolute Gasteiger partial charge is 0.0897 e. The first-order valence-electron chi connectivity index (χ1n) is 5.03. The molecule has 2 heterocycles. The molecule has 0 aromatic carbocycles. The van der Waals surface area contributed by atoms with E-state index in [-0.39, 0.29) is 0 Å². The third kappa shape index (κ3) is 1.82. The van der Waals surface area contributed by atoms with E-state index >= 15 is 0 Å². The van der Waals surface area contributed by atoms with Gasteiger partial charge in [0.2, 0.25) is 0 Å². The molecule has 1 aromatic heterocycles. The third-order valence-corrected chi connectivity index (χ3v) is 3.95. The Kier molecular flexibility index (Phi) is 2.85. The number of hydrogen-bond donors (Lipinski definition) is 1. The highest BCUT2D eigenvalue weighted by Gasteiger charge is 2.26. The molecule has 1 saturated heterocycles. The molecule has 1 unspecified atom stereocenters. The van der Waals surface area contributed by atoms with Crippen molar-refractivity contribution in [2.24, 2.45) is 0 Å². The highest BCUT2D eigenvalue weighted by molar-refractivity contribution is 7.11. The summed E-state index contributed by atoms with van der Waals surface area (Å²) in [5.74, 6) is 0. The van der Waals surface area contributed by atoms with Crippen LogP contribution in [0.15, 0.2) is 6.20 Å². The van der Waals surface area contributed by atoms with Crippen LogP contribution < -0.4 is 5.32 Å². The van der Waals surface area contributed by atoms with Gasteiger partial charge in [-0.1, -0.05) is 0 Å². The Morgan fingerprint density at radius 2 is 2.36 bits per heavy atom. The van der Waals surface area contributed by atoms with Crippen molar-refractivity contribution in [3.8, 4) is 0 Å². The Labute approximate surface area is 89.1 Å². The van der Waals surface area contributed by atoms with Crippen molar-refractivity contribution >= 4 is 11.3 Å². The van der Waals surface area contributed by atoms with Crippen LogP contribution in [0.4, 0.5) is 0 Å². The van der Waals surface area contributed by atoms with Gasteiger partial charge in [-0.15, -0.1) is 11.3 Å². The minimum atomic E-state index is 0.505. The standard InChI is InChI=1S/C10H17N3S/c1-7-4-11-5-9(13(7)3)10-6-12-8(2)14-10/h6-7,9,11H,4-5H2,1-3H3/t7-,9?/m1/s1. The summed E-state index contributed by atoms with van der Waals surface area (Å²) in [6.45, 7) is 6.45. The van der Waals surface area contributed by atoms with E-state index < -0.39 is 0 Å². The number of nitrogens with one attached hydrogen (secondary N) is 1. The predicted molar refractivity (Wildman–Crippen MR) is 59.7 cm³/mol. The molecule has 2 atom stereocenters. The minimum absolute atomic E-state index is 0.505. The van der Waals surface area contributed by atoms with E-state index in [2.05, 4.69) is 36.1 Å². The number of aryl methyl sites for hydroxylation is 1. The molecule has 3 nitrogen and oxygen atoms in total. The van der Waals surface area contributed by atoms with Gasteiger partial charge in [0, 0.05) is 30.2 Å². The number of likely N-dealkylation sites (N-methyl/N-ethyl adjacent to an activating group) is 1. The Morgan fingerprint density at radius 3 is 3.00 bits per heavy atom. The van der Waals surface area contributed by atoms with Crippen molar-refractivity contribution in [2.75, 3.05) is 20.1 Å². The fourth-order valence-electron chi connectivity index (χ4n) is 1.86. The fraction of sp³-hybridized carbons (Fsp3) is 0.700. The molecular formula is C10H17N3S. The summed E-state index contributed by atoms with van der Waals surface area (Å²) in [5.41, 5.74) is 0. The van der Waals surface area contributed by atoms with Crippen LogP contribution in [0.5, 0.6) is 0 Å². The van der Waals surface area contributed by atoms with Gasteiger partial charge in [-0.05, 0) is 20.9 Å². The SMILES string of the molecule is Cc1ncc(C2CNC[C@@H](C)N2C)s1. The van der Waals surface area contributed by atoms with Crippen LogP contribution in [0.3, 0.4) is 0 Å². The maximum atomic E-state index is 4.32. The molecular weight excluding hydrogens is 194 g/mol. The van der Waals surface area contributed by atoms with Gasteiger partial charge in [0.05, 0.1) is 11.0 Å². The van der Waals surface area contributed by atoms with Crippen molar-refractivity contribution in [3.05, 3.63) is 16.1 Å². The molecule has 78 valence electrons. The van der Waals surface area contributed by atoms with Gasteiger partial charge in [0.25, 0.3) is 0 Å². The molecule has 4 heteroatoms. The normalized spacial score (nSPS) is 29.4. The van der Waals surface area contributed by atoms with Crippen LogP contribution >= 0.6 is 11.3 Å². The maximum Gasteiger partial charge on any atom is 0.0897 e. The van der Waals surface area contributed by atoms with E-state index in [9.17, 15) is 0 Å². The van der Waals surface area contributed by atoms with Crippen LogP contribution in [0.1, 0.15) is 22.9 Å². The molecule has 1 aromatic rings. The lowest BCUT2D eigenvalue weighted by atomic mass is 10.1. The highest BCUT2D eigenvalue weighted by atomic mass is 32.1. The van der Waals surface area contributed by atoms with Crippen LogP contribution in [0.25, 0.3) is 0 Å². The van der Waals surface area contributed by atoms with E-state index in [1.54, 1.807) is 0 Å². The Bertz CT molecular complexity index is 310. The zero-order valence-corrected chi connectivity index (χ0v) is 9.77. The van der Waals surface area contributed by atoms with Gasteiger partial charge in [0.15, 0.2) is 0 Å². The summed E-state index contributed by atoms with van der Waals surface area (Å²) in [5, 5.41) is 4.62. The monoisotopic (exact) mass is 211 g/mol. The van der Waals surface area contributed by atoms with E-state index in [0.717, 1.165) is 18.1 Å². The summed E-state index contributed by atoms with van der Waals surface area (Å²) in [4.78, 5) is 8.13. The summed E-state index contributed by atoms with van der Waals surface area (Å²) in [7, 11) is 2.20. The lowest BCUT2D eigenvalue weighted by Gasteiger charge is -2.37. The Balaban J connectivity index is 2.17. The van der Waals surface area contributed by atoms with Gasteiger partial charge in [-0.25, -0.2) is 4.98 Å². The summed E-state index contributed by atoms with van der Waals surface area (Å²) in [6, 6.07) is 1.11. The third-order valence-electron chi connectivity index (χ3n) is 2.93. The zero-order valence-electron chi connectivity index (χ0n) is 8.95. The molecule has 0 radical (unpaired) electrons. The van der Waals surface area contributed by atoms with Crippen LogP contribution in [0, 0.1) is 6.92 Å². The van der Waals surface area contributed by atoms with Crippen molar-refractivity contribution in [3.63, 3.8) is 0 Å². The molecule has 1 aliphatic heterocycles. The predicted octanol–water partition coefficient (Wildman–Crippen LogP) is 1.42. The largest absolute Gasteiger partial charge is 0.313 e. The van der Waals surface area contributed by atoms with Crippen LogP contribution in [-0.2, 0) is 0 Å². The molecule has 0 aliphatic carbocycles. The molecule has 0 bridgehead atoms. The number of nitrogens with zero attached hydrogens (tertiary/aromatic N) is 2. The minimum Gasteiger partial charge on any atom is -0.313 e. The molecule has 0 saturated carbocycles. The second-order valence-electron chi connectivity index (χ2n) is 3.97. The number of aromatic nitrogens is 1. The zero-order chi connectivity index (χ0) is 10.1. The fourth-order valence-corrected chi connectivity index (χ4v) is 2.79. The quantitative estimate of drug-likeness (QED) is 0.761. The maximum absolute atomic E-state index is 4.32. The van der Waals surface area contributed by atoms with Gasteiger partial charge >= 0.3 is 0 Å². The highest BCUT2D eigenvalue weighted by Crippen LogP contribution is 2.27. The van der Waals surface area contributed by atoms with E-state index in [0.29, 0.717) is 12.1 Å². The Hall–Kier alpha value is -0.450. The molecule has 14 heavy (non-hydrogen) atoms. The summed E-state index contributed by atoms with van der Waals surface area (Å²) >= 11 is 1.81. The van der Waals surface area contributed by atoms with Gasteiger partial charge in [-0.2, -0.15) is 0 Å². The van der Waals surface area contributed by atoms with Gasteiger partial charge < -0.3 is 5.32 Å². The second kappa shape index (κ2) is 3.96. The molecule has 0 amide bonds. The first-order valence-corrected chi connectivity index (χ1v) is 5.85. The molecule has 1 aliphatic rings. The molecule has 1 fully saturated rings. The summed E-state index contributed by atoms with van der Waals surface area (Å²) in [6.07, 6.45) is 2.01. The average molecular weight is 211 g/mol. The Morgan fingerprint density at radius 1 is 1.57 bits per heavy atom. The lowest BCUT2D eigenvalue weighted by Crippen LogP contribution is -2.49. The van der Waals surface area contributed by atoms with E-state index in [1.165, 1.54) is 4.88 Å². The molecule has 0 spiro atoms.